The summed E-state index contributed by atoms with van der Waals surface area (Å²) in [5.41, 5.74) is 2.83. The first-order valence-electron chi connectivity index (χ1n) is 9.86. The van der Waals surface area contributed by atoms with Crippen LogP contribution in [0.15, 0.2) is 54.9 Å². The van der Waals surface area contributed by atoms with Gasteiger partial charge in [-0.15, -0.1) is 0 Å². The van der Waals surface area contributed by atoms with Crippen LogP contribution in [0.4, 0.5) is 17.5 Å². The molecular weight excluding hydrogens is 392 g/mol. The van der Waals surface area contributed by atoms with E-state index in [1.165, 1.54) is 6.20 Å². The highest BCUT2D eigenvalue weighted by Crippen LogP contribution is 2.16. The number of nitrogens with zero attached hydrogens (tertiary/aromatic N) is 5. The minimum atomic E-state index is -0.271. The van der Waals surface area contributed by atoms with Crippen molar-refractivity contribution in [3.63, 3.8) is 0 Å². The van der Waals surface area contributed by atoms with E-state index >= 15 is 0 Å². The van der Waals surface area contributed by atoms with E-state index in [0.717, 1.165) is 11.1 Å². The van der Waals surface area contributed by atoms with Crippen LogP contribution in [0, 0.1) is 13.8 Å². The molecule has 31 heavy (non-hydrogen) atoms. The van der Waals surface area contributed by atoms with Crippen molar-refractivity contribution in [1.82, 2.24) is 30.2 Å². The summed E-state index contributed by atoms with van der Waals surface area (Å²) in [5.74, 6) is 2.36. The summed E-state index contributed by atoms with van der Waals surface area (Å²) in [6.07, 6.45) is 3.23. The molecule has 0 unspecified atom stereocenters. The number of hydrogen-bond acceptors (Lipinski definition) is 8. The van der Waals surface area contributed by atoms with Gasteiger partial charge in [0.2, 0.25) is 0 Å². The second-order valence-corrected chi connectivity index (χ2v) is 6.96. The highest BCUT2D eigenvalue weighted by molar-refractivity contribution is 5.93. The van der Waals surface area contributed by atoms with Crippen molar-refractivity contribution in [1.29, 1.82) is 0 Å². The molecule has 0 radical (unpaired) electrons. The number of nitrogens with one attached hydrogen (secondary N) is 3. The van der Waals surface area contributed by atoms with Gasteiger partial charge in [0.05, 0.1) is 17.2 Å². The van der Waals surface area contributed by atoms with Crippen LogP contribution in [-0.2, 0) is 0 Å². The van der Waals surface area contributed by atoms with Crippen molar-refractivity contribution in [2.45, 2.75) is 13.8 Å². The summed E-state index contributed by atoms with van der Waals surface area (Å²) in [6.45, 7) is 4.72. The van der Waals surface area contributed by atoms with E-state index in [4.69, 9.17) is 0 Å². The highest BCUT2D eigenvalue weighted by atomic mass is 16.1. The number of amides is 1. The lowest BCUT2D eigenvalue weighted by molar-refractivity contribution is 0.0950. The van der Waals surface area contributed by atoms with Crippen LogP contribution >= 0.6 is 0 Å². The molecule has 9 heteroatoms. The molecular formula is C22H22N8O. The number of carbonyl (C=O) groups excluding carboxylic acids is 1. The molecule has 0 atom stereocenters. The van der Waals surface area contributed by atoms with E-state index in [2.05, 4.69) is 40.9 Å². The number of para-hydroxylation sites is 2. The van der Waals surface area contributed by atoms with Gasteiger partial charge in [-0.25, -0.2) is 19.9 Å². The van der Waals surface area contributed by atoms with E-state index in [1.54, 1.807) is 12.3 Å². The largest absolute Gasteiger partial charge is 0.368 e. The maximum absolute atomic E-state index is 12.4. The second-order valence-electron chi connectivity index (χ2n) is 6.96. The number of carbonyl (C=O) groups is 1. The number of rotatable bonds is 7. The Morgan fingerprint density at radius 2 is 1.68 bits per heavy atom. The van der Waals surface area contributed by atoms with Crippen LogP contribution in [0.25, 0.3) is 11.0 Å². The zero-order valence-corrected chi connectivity index (χ0v) is 17.3. The first-order valence-corrected chi connectivity index (χ1v) is 9.86. The minimum absolute atomic E-state index is 0.271. The summed E-state index contributed by atoms with van der Waals surface area (Å²) in [4.78, 5) is 34.0. The fourth-order valence-corrected chi connectivity index (χ4v) is 2.98. The van der Waals surface area contributed by atoms with Crippen molar-refractivity contribution in [2.24, 2.45) is 0 Å². The molecule has 0 spiro atoms. The molecule has 0 bridgehead atoms. The second kappa shape index (κ2) is 9.12. The third kappa shape index (κ3) is 5.27. The normalized spacial score (nSPS) is 10.6. The van der Waals surface area contributed by atoms with Gasteiger partial charge >= 0.3 is 0 Å². The fourth-order valence-electron chi connectivity index (χ4n) is 2.98. The summed E-state index contributed by atoms with van der Waals surface area (Å²) in [5, 5.41) is 9.22. The van der Waals surface area contributed by atoms with Crippen molar-refractivity contribution in [3.05, 3.63) is 71.9 Å². The van der Waals surface area contributed by atoms with Crippen molar-refractivity contribution >= 4 is 34.4 Å². The lowest BCUT2D eigenvalue weighted by Crippen LogP contribution is -2.29. The van der Waals surface area contributed by atoms with E-state index in [0.29, 0.717) is 41.9 Å². The Balaban J connectivity index is 1.32. The van der Waals surface area contributed by atoms with Gasteiger partial charge in [0.25, 0.3) is 5.91 Å². The average molecular weight is 414 g/mol. The molecule has 1 amide bonds. The van der Waals surface area contributed by atoms with Crippen molar-refractivity contribution in [2.75, 3.05) is 23.7 Å². The Morgan fingerprint density at radius 3 is 2.52 bits per heavy atom. The van der Waals surface area contributed by atoms with Crippen LogP contribution < -0.4 is 16.0 Å². The third-order valence-electron chi connectivity index (χ3n) is 4.41. The molecule has 1 aromatic carbocycles. The van der Waals surface area contributed by atoms with Gasteiger partial charge in [-0.2, -0.15) is 0 Å². The van der Waals surface area contributed by atoms with Gasteiger partial charge in [0.15, 0.2) is 0 Å². The molecule has 156 valence electrons. The van der Waals surface area contributed by atoms with Crippen LogP contribution in [0.5, 0.6) is 0 Å². The number of fused-ring (bicyclic) bond motifs is 1. The number of hydrogen-bond donors (Lipinski definition) is 3. The Morgan fingerprint density at radius 1 is 0.871 bits per heavy atom. The van der Waals surface area contributed by atoms with Crippen LogP contribution in [0.2, 0.25) is 0 Å². The highest BCUT2D eigenvalue weighted by Gasteiger charge is 2.09. The molecule has 0 aliphatic carbocycles. The summed E-state index contributed by atoms with van der Waals surface area (Å²) >= 11 is 0. The molecule has 3 aromatic heterocycles. The quantitative estimate of drug-likeness (QED) is 0.395. The van der Waals surface area contributed by atoms with Crippen LogP contribution in [0.1, 0.15) is 21.9 Å². The Labute approximate surface area is 179 Å². The minimum Gasteiger partial charge on any atom is -0.368 e. The lowest BCUT2D eigenvalue weighted by atomic mass is 10.3. The molecule has 0 aliphatic heterocycles. The fraction of sp³-hybridized carbons (Fsp3) is 0.182. The Bertz CT molecular complexity index is 1230. The van der Waals surface area contributed by atoms with Crippen LogP contribution in [0.3, 0.4) is 0 Å². The Kier molecular flexibility index (Phi) is 5.93. The summed E-state index contributed by atoms with van der Waals surface area (Å²) in [6, 6.07) is 13.1. The van der Waals surface area contributed by atoms with E-state index in [-0.39, 0.29) is 11.6 Å². The van der Waals surface area contributed by atoms with Gasteiger partial charge in [-0.05, 0) is 43.7 Å². The number of aromatic nitrogens is 5. The topological polar surface area (TPSA) is 118 Å². The van der Waals surface area contributed by atoms with Gasteiger partial charge in [0.1, 0.15) is 29.0 Å². The number of anilines is 3. The molecule has 3 N–H and O–H groups in total. The van der Waals surface area contributed by atoms with Crippen molar-refractivity contribution < 1.29 is 4.79 Å². The van der Waals surface area contributed by atoms with Gasteiger partial charge < -0.3 is 16.0 Å². The molecule has 3 heterocycles. The van der Waals surface area contributed by atoms with Gasteiger partial charge in [0, 0.05) is 25.4 Å². The monoisotopic (exact) mass is 414 g/mol. The van der Waals surface area contributed by atoms with Gasteiger partial charge in [-0.3, -0.25) is 9.78 Å². The standard InChI is InChI=1S/C22H22N8O/c1-14-7-8-23-19(11-14)30-21-12-20(27-15(2)28-21)24-9-10-25-22(31)18-13-26-16-5-3-4-6-17(16)29-18/h3-8,11-13H,9-10H2,1-2H3,(H,25,31)(H2,23,24,27,28,30). The molecule has 0 saturated heterocycles. The molecule has 4 rings (SSSR count). The van der Waals surface area contributed by atoms with E-state index < -0.39 is 0 Å². The zero-order valence-electron chi connectivity index (χ0n) is 17.3. The SMILES string of the molecule is Cc1ccnc(Nc2cc(NCCNC(=O)c3cnc4ccccc4n3)nc(C)n2)c1. The average Bonchev–Trinajstić information content (AvgIpc) is 2.76. The van der Waals surface area contributed by atoms with E-state index in [1.807, 2.05) is 50.2 Å². The predicted octanol–water partition coefficient (Wildman–Crippen LogP) is 3.02. The maximum Gasteiger partial charge on any atom is 0.271 e. The third-order valence-corrected chi connectivity index (χ3v) is 4.41. The van der Waals surface area contributed by atoms with Gasteiger partial charge in [-0.1, -0.05) is 12.1 Å². The van der Waals surface area contributed by atoms with E-state index in [9.17, 15) is 4.79 Å². The molecule has 9 nitrogen and oxygen atoms in total. The number of benzene rings is 1. The van der Waals surface area contributed by atoms with Crippen LogP contribution in [-0.4, -0.2) is 43.9 Å². The zero-order chi connectivity index (χ0) is 21.6. The number of pyridine rings is 1. The first kappa shape index (κ1) is 20.1. The first-order chi connectivity index (χ1) is 15.1. The summed E-state index contributed by atoms with van der Waals surface area (Å²) in [7, 11) is 0. The molecule has 0 fully saturated rings. The molecule has 0 aliphatic rings. The molecule has 0 saturated carbocycles. The number of aryl methyl sites for hydroxylation is 2. The molecule has 4 aromatic rings. The summed E-state index contributed by atoms with van der Waals surface area (Å²) < 4.78 is 0. The van der Waals surface area contributed by atoms with Crippen molar-refractivity contribution in [3.8, 4) is 0 Å². The predicted molar refractivity (Wildman–Crippen MR) is 119 cm³/mol. The smallest absolute Gasteiger partial charge is 0.271 e. The maximum atomic E-state index is 12.4. The lowest BCUT2D eigenvalue weighted by Gasteiger charge is -2.10. The Hall–Kier alpha value is -4.14.